The van der Waals surface area contributed by atoms with Crippen LogP contribution < -0.4 is 5.32 Å². The highest BCUT2D eigenvalue weighted by molar-refractivity contribution is 6.31. The van der Waals surface area contributed by atoms with Crippen molar-refractivity contribution in [2.75, 3.05) is 13.1 Å². The van der Waals surface area contributed by atoms with Crippen LogP contribution in [0.4, 0.5) is 13.2 Å². The van der Waals surface area contributed by atoms with Crippen molar-refractivity contribution in [3.05, 3.63) is 40.1 Å². The van der Waals surface area contributed by atoms with E-state index in [2.05, 4.69) is 5.32 Å². The van der Waals surface area contributed by atoms with Gasteiger partial charge in [0.2, 0.25) is 0 Å². The molecule has 0 radical (unpaired) electrons. The third-order valence-electron chi connectivity index (χ3n) is 1.97. The van der Waals surface area contributed by atoms with Crippen molar-refractivity contribution in [1.29, 1.82) is 0 Å². The first-order valence-corrected chi connectivity index (χ1v) is 5.04. The average molecular weight is 252 g/mol. The van der Waals surface area contributed by atoms with Gasteiger partial charge >= 0.3 is 6.18 Å². The van der Waals surface area contributed by atoms with Gasteiger partial charge in [-0.05, 0) is 24.2 Å². The second-order valence-corrected chi connectivity index (χ2v) is 3.65. The highest BCUT2D eigenvalue weighted by Crippen LogP contribution is 2.35. The maximum absolute atomic E-state index is 12.5. The molecule has 0 aliphatic heterocycles. The van der Waals surface area contributed by atoms with E-state index < -0.39 is 11.7 Å². The zero-order valence-electron chi connectivity index (χ0n) is 8.37. The molecule has 6 heteroatoms. The van der Waals surface area contributed by atoms with Crippen molar-refractivity contribution in [1.82, 2.24) is 5.32 Å². The molecule has 0 heterocycles. The summed E-state index contributed by atoms with van der Waals surface area (Å²) < 4.78 is 37.4. The molecule has 2 N–H and O–H groups in total. The Morgan fingerprint density at radius 3 is 2.56 bits per heavy atom. The van der Waals surface area contributed by atoms with Crippen LogP contribution in [0.1, 0.15) is 11.1 Å². The van der Waals surface area contributed by atoms with Gasteiger partial charge in [0, 0.05) is 6.54 Å². The molecular formula is C10H11ClF3N2-. The summed E-state index contributed by atoms with van der Waals surface area (Å²) in [4.78, 5) is 0. The Kier molecular flexibility index (Phi) is 4.58. The minimum atomic E-state index is -4.43. The lowest BCUT2D eigenvalue weighted by molar-refractivity contribution is -0.137. The fourth-order valence-electron chi connectivity index (χ4n) is 1.22. The summed E-state index contributed by atoms with van der Waals surface area (Å²) >= 11 is 5.47. The summed E-state index contributed by atoms with van der Waals surface area (Å²) in [5.41, 5.74) is 6.57. The number of nitrogens with one attached hydrogen (secondary N) is 2. The molecule has 0 fully saturated rings. The van der Waals surface area contributed by atoms with E-state index in [4.69, 9.17) is 17.3 Å². The van der Waals surface area contributed by atoms with E-state index in [9.17, 15) is 13.2 Å². The van der Waals surface area contributed by atoms with Gasteiger partial charge in [0.15, 0.2) is 0 Å². The monoisotopic (exact) mass is 251 g/mol. The zero-order valence-corrected chi connectivity index (χ0v) is 9.12. The molecular weight excluding hydrogens is 241 g/mol. The van der Waals surface area contributed by atoms with Crippen molar-refractivity contribution < 1.29 is 13.2 Å². The standard InChI is InChI=1S/C10H11ClF3N2/c11-9-2-1-7(6-16-4-3-15)5-8(9)10(12,13)14/h1-2,5,15-16H,3-4,6H2/q-1. The van der Waals surface area contributed by atoms with E-state index >= 15 is 0 Å². The lowest BCUT2D eigenvalue weighted by atomic mass is 10.1. The SMILES string of the molecule is [NH-]CCNCc1ccc(Cl)c(C(F)(F)F)c1. The highest BCUT2D eigenvalue weighted by Gasteiger charge is 2.33. The molecule has 1 aromatic rings. The maximum Gasteiger partial charge on any atom is 0.417 e. The Morgan fingerprint density at radius 1 is 1.31 bits per heavy atom. The van der Waals surface area contributed by atoms with Crippen LogP contribution in [0.25, 0.3) is 5.73 Å². The summed E-state index contributed by atoms with van der Waals surface area (Å²) in [5, 5.41) is 2.56. The van der Waals surface area contributed by atoms with Crippen LogP contribution >= 0.6 is 11.6 Å². The summed E-state index contributed by atoms with van der Waals surface area (Å²) in [7, 11) is 0. The molecule has 0 aliphatic carbocycles. The first-order chi connectivity index (χ1) is 7.45. The minimum Gasteiger partial charge on any atom is -0.676 e. The summed E-state index contributed by atoms with van der Waals surface area (Å²) in [6.07, 6.45) is -4.43. The smallest absolute Gasteiger partial charge is 0.417 e. The zero-order chi connectivity index (χ0) is 12.2. The van der Waals surface area contributed by atoms with E-state index in [1.54, 1.807) is 0 Å². The second-order valence-electron chi connectivity index (χ2n) is 3.24. The Hall–Kier alpha value is -0.780. The first-order valence-electron chi connectivity index (χ1n) is 4.66. The molecule has 90 valence electrons. The first kappa shape index (κ1) is 13.3. The van der Waals surface area contributed by atoms with E-state index in [0.29, 0.717) is 18.7 Å². The van der Waals surface area contributed by atoms with Gasteiger partial charge in [-0.2, -0.15) is 13.2 Å². The van der Waals surface area contributed by atoms with Crippen LogP contribution in [0, 0.1) is 0 Å². The Bertz CT molecular complexity index is 352. The average Bonchev–Trinajstić information content (AvgIpc) is 2.19. The molecule has 0 aliphatic rings. The van der Waals surface area contributed by atoms with Crippen LogP contribution in [-0.2, 0) is 12.7 Å². The third kappa shape index (κ3) is 3.66. The summed E-state index contributed by atoms with van der Waals surface area (Å²) in [6.45, 7) is 0.947. The van der Waals surface area contributed by atoms with E-state index in [1.807, 2.05) is 0 Å². The minimum absolute atomic E-state index is 0.194. The lowest BCUT2D eigenvalue weighted by Crippen LogP contribution is -2.17. The number of benzene rings is 1. The maximum atomic E-state index is 12.5. The predicted molar refractivity (Wildman–Crippen MR) is 57.3 cm³/mol. The molecule has 1 rings (SSSR count). The Labute approximate surface area is 96.6 Å². The second kappa shape index (κ2) is 5.52. The van der Waals surface area contributed by atoms with Gasteiger partial charge in [-0.3, -0.25) is 0 Å². The summed E-state index contributed by atoms with van der Waals surface area (Å²) in [5.74, 6) is 0. The number of halogens is 4. The van der Waals surface area contributed by atoms with Gasteiger partial charge in [0.1, 0.15) is 0 Å². The molecule has 0 unspecified atom stereocenters. The topological polar surface area (TPSA) is 35.8 Å². The molecule has 2 nitrogen and oxygen atoms in total. The van der Waals surface area contributed by atoms with Crippen molar-refractivity contribution in [2.45, 2.75) is 12.7 Å². The molecule has 0 saturated heterocycles. The molecule has 0 amide bonds. The van der Waals surface area contributed by atoms with Gasteiger partial charge in [-0.15, -0.1) is 6.54 Å². The van der Waals surface area contributed by atoms with Gasteiger partial charge in [0.25, 0.3) is 0 Å². The quantitative estimate of drug-likeness (QED) is 0.817. The number of alkyl halides is 3. The highest BCUT2D eigenvalue weighted by atomic mass is 35.5. The molecule has 0 atom stereocenters. The number of hydrogen-bond donors (Lipinski definition) is 1. The van der Waals surface area contributed by atoms with Gasteiger partial charge in [-0.25, -0.2) is 0 Å². The van der Waals surface area contributed by atoms with E-state index in [1.165, 1.54) is 12.1 Å². The van der Waals surface area contributed by atoms with Crippen molar-refractivity contribution in [3.8, 4) is 0 Å². The fraction of sp³-hybridized carbons (Fsp3) is 0.400. The van der Waals surface area contributed by atoms with Crippen molar-refractivity contribution in [2.24, 2.45) is 0 Å². The molecule has 1 aromatic carbocycles. The van der Waals surface area contributed by atoms with Crippen molar-refractivity contribution in [3.63, 3.8) is 0 Å². The Morgan fingerprint density at radius 2 is 2.00 bits per heavy atom. The molecule has 16 heavy (non-hydrogen) atoms. The normalized spacial score (nSPS) is 11.8. The van der Waals surface area contributed by atoms with Gasteiger partial charge in [0.05, 0.1) is 10.6 Å². The van der Waals surface area contributed by atoms with E-state index in [0.717, 1.165) is 6.07 Å². The summed E-state index contributed by atoms with van der Waals surface area (Å²) in [6, 6.07) is 3.80. The number of rotatable bonds is 4. The molecule has 0 spiro atoms. The molecule has 0 bridgehead atoms. The van der Waals surface area contributed by atoms with Crippen LogP contribution in [-0.4, -0.2) is 13.1 Å². The molecule has 0 aromatic heterocycles. The van der Waals surface area contributed by atoms with Crippen LogP contribution in [0.15, 0.2) is 18.2 Å². The molecule has 0 saturated carbocycles. The lowest BCUT2D eigenvalue weighted by Gasteiger charge is -2.11. The van der Waals surface area contributed by atoms with Gasteiger partial charge in [-0.1, -0.05) is 17.7 Å². The third-order valence-corrected chi connectivity index (χ3v) is 2.30. The van der Waals surface area contributed by atoms with Crippen LogP contribution in [0.2, 0.25) is 5.02 Å². The van der Waals surface area contributed by atoms with Gasteiger partial charge < -0.3 is 11.1 Å². The predicted octanol–water partition coefficient (Wildman–Crippen LogP) is 3.50. The largest absolute Gasteiger partial charge is 0.676 e. The Balaban J connectivity index is 2.82. The fourth-order valence-corrected chi connectivity index (χ4v) is 1.45. The van der Waals surface area contributed by atoms with E-state index in [-0.39, 0.29) is 11.6 Å². The van der Waals surface area contributed by atoms with Crippen LogP contribution in [0.5, 0.6) is 0 Å². The van der Waals surface area contributed by atoms with Crippen molar-refractivity contribution >= 4 is 11.6 Å². The van der Waals surface area contributed by atoms with Crippen LogP contribution in [0.3, 0.4) is 0 Å². The number of hydrogen-bond acceptors (Lipinski definition) is 1.